The Labute approximate surface area is 128 Å². The number of hydrogen-bond donors (Lipinski definition) is 1. The first-order chi connectivity index (χ1) is 10.9. The summed E-state index contributed by atoms with van der Waals surface area (Å²) in [6.07, 6.45) is 7.14. The third-order valence-corrected chi connectivity index (χ3v) is 4.21. The third-order valence-electron chi connectivity index (χ3n) is 4.21. The van der Waals surface area contributed by atoms with Crippen LogP contribution in [0.4, 0.5) is 0 Å². The molecule has 0 radical (unpaired) electrons. The number of nitrogens with one attached hydrogen (secondary N) is 1. The number of H-pyrrole nitrogens is 1. The zero-order valence-corrected chi connectivity index (χ0v) is 12.4. The van der Waals surface area contributed by atoms with Gasteiger partial charge in [-0.25, -0.2) is 0 Å². The molecule has 2 aromatic heterocycles. The van der Waals surface area contributed by atoms with Crippen molar-refractivity contribution in [1.82, 2.24) is 15.1 Å². The van der Waals surface area contributed by atoms with E-state index in [-0.39, 0.29) is 6.10 Å². The van der Waals surface area contributed by atoms with Crippen LogP contribution in [0.15, 0.2) is 35.0 Å². The highest BCUT2D eigenvalue weighted by Crippen LogP contribution is 2.21. The van der Waals surface area contributed by atoms with Crippen LogP contribution in [0.2, 0.25) is 0 Å². The Balaban J connectivity index is 1.47. The van der Waals surface area contributed by atoms with Crippen molar-refractivity contribution in [1.29, 1.82) is 0 Å². The maximum Gasteiger partial charge on any atom is 0.231 e. The normalized spacial score (nSPS) is 18.8. The summed E-state index contributed by atoms with van der Waals surface area (Å²) in [5.74, 6) is 1.41. The van der Waals surface area contributed by atoms with E-state index in [0.29, 0.717) is 12.3 Å². The molecular weight excluding hydrogens is 278 g/mol. The highest BCUT2D eigenvalue weighted by Gasteiger charge is 2.18. The molecule has 1 N–H and O–H groups in total. The molecule has 5 nitrogen and oxygen atoms in total. The molecule has 0 unspecified atom stereocenters. The molecule has 1 aromatic carbocycles. The largest absolute Gasteiger partial charge is 0.378 e. The van der Waals surface area contributed by atoms with Crippen molar-refractivity contribution in [2.45, 2.75) is 38.2 Å². The van der Waals surface area contributed by atoms with Gasteiger partial charge in [0.1, 0.15) is 0 Å². The molecule has 1 aliphatic rings. The summed E-state index contributed by atoms with van der Waals surface area (Å²) in [6.45, 7) is 0.852. The maximum atomic E-state index is 5.73. The van der Waals surface area contributed by atoms with E-state index in [9.17, 15) is 0 Å². The molecule has 22 heavy (non-hydrogen) atoms. The van der Waals surface area contributed by atoms with Gasteiger partial charge in [-0.15, -0.1) is 0 Å². The molecule has 4 rings (SSSR count). The van der Waals surface area contributed by atoms with Crippen LogP contribution in [0, 0.1) is 0 Å². The van der Waals surface area contributed by atoms with Crippen LogP contribution in [-0.2, 0) is 17.6 Å². The van der Waals surface area contributed by atoms with E-state index in [0.717, 1.165) is 37.2 Å². The smallest absolute Gasteiger partial charge is 0.231 e. The van der Waals surface area contributed by atoms with Gasteiger partial charge in [0.2, 0.25) is 5.89 Å². The second-order valence-electron chi connectivity index (χ2n) is 5.83. The first-order valence-electron chi connectivity index (χ1n) is 7.86. The van der Waals surface area contributed by atoms with Crippen LogP contribution < -0.4 is 0 Å². The molecule has 0 saturated carbocycles. The molecule has 1 atom stereocenters. The number of rotatable bonds is 4. The molecule has 114 valence electrons. The van der Waals surface area contributed by atoms with E-state index in [1.807, 2.05) is 18.3 Å². The summed E-state index contributed by atoms with van der Waals surface area (Å²) in [7, 11) is 0. The van der Waals surface area contributed by atoms with Crippen molar-refractivity contribution in [3.8, 4) is 0 Å². The second-order valence-corrected chi connectivity index (χ2v) is 5.83. The lowest BCUT2D eigenvalue weighted by molar-refractivity contribution is 0.0153. The lowest BCUT2D eigenvalue weighted by Crippen LogP contribution is -2.21. The molecule has 0 spiro atoms. The van der Waals surface area contributed by atoms with Crippen molar-refractivity contribution >= 4 is 10.9 Å². The highest BCUT2D eigenvalue weighted by atomic mass is 16.5. The van der Waals surface area contributed by atoms with Crippen LogP contribution >= 0.6 is 0 Å². The molecule has 5 heteroatoms. The summed E-state index contributed by atoms with van der Waals surface area (Å²) in [6, 6.07) is 8.24. The van der Waals surface area contributed by atoms with Gasteiger partial charge in [-0.05, 0) is 30.9 Å². The Hall–Kier alpha value is -2.14. The summed E-state index contributed by atoms with van der Waals surface area (Å²) >= 11 is 0. The quantitative estimate of drug-likeness (QED) is 0.803. The molecule has 1 fully saturated rings. The standard InChI is InChI=1S/C17H19N3O2/c1-2-7-15-14(6-1)12(11-18-15)9-17-19-16(20-22-17)10-13-5-3-4-8-21-13/h1-2,6-7,11,13,18H,3-5,8-10H2/t13-/m1/s1. The first kappa shape index (κ1) is 13.5. The van der Waals surface area contributed by atoms with E-state index in [1.54, 1.807) is 0 Å². The van der Waals surface area contributed by atoms with Crippen molar-refractivity contribution in [2.75, 3.05) is 6.61 Å². The Kier molecular flexibility index (Phi) is 3.64. The second kappa shape index (κ2) is 5.93. The fraction of sp³-hybridized carbons (Fsp3) is 0.412. The van der Waals surface area contributed by atoms with Gasteiger partial charge in [0.25, 0.3) is 0 Å². The molecule has 3 aromatic rings. The van der Waals surface area contributed by atoms with Gasteiger partial charge in [0.05, 0.1) is 12.5 Å². The van der Waals surface area contributed by atoms with Crippen molar-refractivity contribution in [2.24, 2.45) is 0 Å². The number of benzene rings is 1. The zero-order valence-electron chi connectivity index (χ0n) is 12.4. The van der Waals surface area contributed by atoms with E-state index >= 15 is 0 Å². The number of aromatic nitrogens is 3. The SMILES string of the molecule is c1ccc2c(Cc3nc(C[C@H]4CCCCO4)no3)c[nH]c2c1. The van der Waals surface area contributed by atoms with Gasteiger partial charge >= 0.3 is 0 Å². The minimum atomic E-state index is 0.243. The molecule has 0 bridgehead atoms. The minimum absolute atomic E-state index is 0.243. The van der Waals surface area contributed by atoms with Crippen LogP contribution in [0.5, 0.6) is 0 Å². The Morgan fingerprint density at radius 1 is 1.23 bits per heavy atom. The third kappa shape index (κ3) is 2.76. The number of fused-ring (bicyclic) bond motifs is 1. The topological polar surface area (TPSA) is 63.9 Å². The van der Waals surface area contributed by atoms with Crippen molar-refractivity contribution < 1.29 is 9.26 Å². The zero-order chi connectivity index (χ0) is 14.8. The molecule has 0 amide bonds. The van der Waals surface area contributed by atoms with Gasteiger partial charge in [-0.1, -0.05) is 23.4 Å². The fourth-order valence-electron chi connectivity index (χ4n) is 3.06. The van der Waals surface area contributed by atoms with E-state index < -0.39 is 0 Å². The summed E-state index contributed by atoms with van der Waals surface area (Å²) in [5.41, 5.74) is 2.31. The molecular formula is C17H19N3O2. The van der Waals surface area contributed by atoms with Gasteiger partial charge in [-0.2, -0.15) is 4.98 Å². The lowest BCUT2D eigenvalue weighted by atomic mass is 10.1. The summed E-state index contributed by atoms with van der Waals surface area (Å²) < 4.78 is 11.1. The van der Waals surface area contributed by atoms with Crippen LogP contribution in [0.25, 0.3) is 10.9 Å². The predicted molar refractivity (Wildman–Crippen MR) is 82.7 cm³/mol. The van der Waals surface area contributed by atoms with Crippen molar-refractivity contribution in [3.05, 3.63) is 47.7 Å². The van der Waals surface area contributed by atoms with Gasteiger partial charge in [0, 0.05) is 30.1 Å². The molecule has 1 aliphatic heterocycles. The fourth-order valence-corrected chi connectivity index (χ4v) is 3.06. The molecule has 0 aliphatic carbocycles. The van der Waals surface area contributed by atoms with Gasteiger partial charge < -0.3 is 14.2 Å². The number of para-hydroxylation sites is 1. The van der Waals surface area contributed by atoms with E-state index in [1.165, 1.54) is 17.4 Å². The summed E-state index contributed by atoms with van der Waals surface area (Å²) in [4.78, 5) is 7.79. The van der Waals surface area contributed by atoms with E-state index in [4.69, 9.17) is 9.26 Å². The predicted octanol–water partition coefficient (Wildman–Crippen LogP) is 3.25. The number of hydrogen-bond acceptors (Lipinski definition) is 4. The molecule has 1 saturated heterocycles. The Morgan fingerprint density at radius 2 is 2.18 bits per heavy atom. The number of aromatic amines is 1. The van der Waals surface area contributed by atoms with Crippen LogP contribution in [0.1, 0.15) is 36.5 Å². The molecule has 3 heterocycles. The Bertz CT molecular complexity index is 756. The average molecular weight is 297 g/mol. The van der Waals surface area contributed by atoms with Gasteiger partial charge in [0.15, 0.2) is 5.82 Å². The average Bonchev–Trinajstić information content (AvgIpc) is 3.17. The van der Waals surface area contributed by atoms with Crippen molar-refractivity contribution in [3.63, 3.8) is 0 Å². The van der Waals surface area contributed by atoms with Gasteiger partial charge in [-0.3, -0.25) is 0 Å². The first-order valence-corrected chi connectivity index (χ1v) is 7.86. The van der Waals surface area contributed by atoms with Crippen LogP contribution in [0.3, 0.4) is 0 Å². The monoisotopic (exact) mass is 297 g/mol. The minimum Gasteiger partial charge on any atom is -0.378 e. The number of ether oxygens (including phenoxy) is 1. The Morgan fingerprint density at radius 3 is 3.09 bits per heavy atom. The van der Waals surface area contributed by atoms with E-state index in [2.05, 4.69) is 27.3 Å². The lowest BCUT2D eigenvalue weighted by Gasteiger charge is -2.20. The highest BCUT2D eigenvalue weighted by molar-refractivity contribution is 5.83. The maximum absolute atomic E-state index is 5.73. The summed E-state index contributed by atoms with van der Waals surface area (Å²) in [5, 5.41) is 5.30. The number of nitrogens with zero attached hydrogens (tertiary/aromatic N) is 2. The van der Waals surface area contributed by atoms with Crippen LogP contribution in [-0.4, -0.2) is 27.8 Å².